The maximum atomic E-state index is 5.76. The molecule has 0 saturated heterocycles. The molecule has 0 saturated carbocycles. The molecular formula is C18H16N8. The fourth-order valence-corrected chi connectivity index (χ4v) is 2.61. The van der Waals surface area contributed by atoms with Gasteiger partial charge < -0.3 is 10.7 Å². The first-order valence-electron chi connectivity index (χ1n) is 7.96. The van der Waals surface area contributed by atoms with Gasteiger partial charge in [-0.15, -0.1) is 0 Å². The second-order valence-electron chi connectivity index (χ2n) is 5.42. The van der Waals surface area contributed by atoms with Gasteiger partial charge in [-0.25, -0.2) is 10.5 Å². The minimum Gasteiger partial charge on any atom is -0.323 e. The van der Waals surface area contributed by atoms with Gasteiger partial charge in [0.25, 0.3) is 0 Å². The fraction of sp³-hybridized carbons (Fsp3) is 0. The van der Waals surface area contributed by atoms with E-state index in [2.05, 4.69) is 30.8 Å². The molecule has 26 heavy (non-hydrogen) atoms. The van der Waals surface area contributed by atoms with E-state index in [9.17, 15) is 0 Å². The third-order valence-electron chi connectivity index (χ3n) is 3.73. The van der Waals surface area contributed by atoms with Gasteiger partial charge in [-0.2, -0.15) is 15.1 Å². The van der Waals surface area contributed by atoms with E-state index in [1.165, 1.54) is 0 Å². The molecule has 3 heterocycles. The van der Waals surface area contributed by atoms with Crippen LogP contribution in [0.1, 0.15) is 0 Å². The highest BCUT2D eigenvalue weighted by Crippen LogP contribution is 2.32. The maximum Gasteiger partial charge on any atom is 0.231 e. The van der Waals surface area contributed by atoms with Crippen LogP contribution in [0.5, 0.6) is 0 Å². The van der Waals surface area contributed by atoms with Gasteiger partial charge in [0.2, 0.25) is 5.95 Å². The molecule has 0 fully saturated rings. The van der Waals surface area contributed by atoms with Crippen molar-refractivity contribution in [2.75, 3.05) is 10.7 Å². The van der Waals surface area contributed by atoms with Crippen molar-refractivity contribution in [2.24, 2.45) is 5.84 Å². The standard InChI is InChI=1S/C18H16N8/c19-25-16-15(13-6-2-1-3-7-13)17(26-11-5-10-21-26)24-18(23-16)22-14-8-4-9-20-12-14/h1-12H,19H2,(H2,22,23,24,25). The van der Waals surface area contributed by atoms with Crippen molar-refractivity contribution < 1.29 is 0 Å². The van der Waals surface area contributed by atoms with Crippen LogP contribution in [0.2, 0.25) is 0 Å². The van der Waals surface area contributed by atoms with Crippen molar-refractivity contribution >= 4 is 17.5 Å². The predicted molar refractivity (Wildman–Crippen MR) is 99.9 cm³/mol. The van der Waals surface area contributed by atoms with Crippen LogP contribution in [-0.4, -0.2) is 24.7 Å². The van der Waals surface area contributed by atoms with Gasteiger partial charge in [0.05, 0.1) is 17.4 Å². The lowest BCUT2D eigenvalue weighted by atomic mass is 10.1. The van der Waals surface area contributed by atoms with Crippen LogP contribution in [0.3, 0.4) is 0 Å². The Balaban J connectivity index is 1.88. The summed E-state index contributed by atoms with van der Waals surface area (Å²) in [6, 6.07) is 15.3. The van der Waals surface area contributed by atoms with E-state index < -0.39 is 0 Å². The Morgan fingerprint density at radius 3 is 2.50 bits per heavy atom. The Labute approximate surface area is 149 Å². The maximum absolute atomic E-state index is 5.76. The van der Waals surface area contributed by atoms with Gasteiger partial charge in [-0.1, -0.05) is 30.3 Å². The molecule has 1 aromatic carbocycles. The van der Waals surface area contributed by atoms with Crippen molar-refractivity contribution in [3.8, 4) is 16.9 Å². The summed E-state index contributed by atoms with van der Waals surface area (Å²) in [6.07, 6.45) is 6.91. The minimum atomic E-state index is 0.385. The fourth-order valence-electron chi connectivity index (χ4n) is 2.61. The molecular weight excluding hydrogens is 328 g/mol. The zero-order valence-corrected chi connectivity index (χ0v) is 13.7. The minimum absolute atomic E-state index is 0.385. The Hall–Kier alpha value is -3.78. The molecule has 4 rings (SSSR count). The van der Waals surface area contributed by atoms with Gasteiger partial charge in [-0.3, -0.25) is 4.98 Å². The number of hydrogen-bond acceptors (Lipinski definition) is 7. The van der Waals surface area contributed by atoms with Gasteiger partial charge in [-0.05, 0) is 23.8 Å². The van der Waals surface area contributed by atoms with Gasteiger partial charge >= 0.3 is 0 Å². The van der Waals surface area contributed by atoms with Crippen LogP contribution in [0.25, 0.3) is 16.9 Å². The van der Waals surface area contributed by atoms with Gasteiger partial charge in [0, 0.05) is 18.6 Å². The van der Waals surface area contributed by atoms with Crippen LogP contribution in [0.4, 0.5) is 17.5 Å². The predicted octanol–water partition coefficient (Wildman–Crippen LogP) is 2.75. The number of nitrogens with zero attached hydrogens (tertiary/aromatic N) is 5. The van der Waals surface area contributed by atoms with E-state index in [0.29, 0.717) is 17.6 Å². The molecule has 4 aromatic rings. The first-order valence-corrected chi connectivity index (χ1v) is 7.96. The lowest BCUT2D eigenvalue weighted by Gasteiger charge is -2.15. The number of nitrogens with one attached hydrogen (secondary N) is 2. The number of rotatable bonds is 5. The SMILES string of the molecule is NNc1nc(Nc2cccnc2)nc(-n2cccn2)c1-c1ccccc1. The van der Waals surface area contributed by atoms with Crippen LogP contribution in [0.15, 0.2) is 73.3 Å². The molecule has 128 valence electrons. The molecule has 0 aliphatic carbocycles. The van der Waals surface area contributed by atoms with Gasteiger partial charge in [0.1, 0.15) is 0 Å². The van der Waals surface area contributed by atoms with Crippen molar-refractivity contribution in [1.29, 1.82) is 0 Å². The summed E-state index contributed by atoms with van der Waals surface area (Å²) >= 11 is 0. The Morgan fingerprint density at radius 2 is 1.81 bits per heavy atom. The average Bonchev–Trinajstić information content (AvgIpc) is 3.23. The highest BCUT2D eigenvalue weighted by atomic mass is 15.3. The Bertz CT molecular complexity index is 985. The number of benzene rings is 1. The summed E-state index contributed by atoms with van der Waals surface area (Å²) in [5.74, 6) is 7.24. The van der Waals surface area contributed by atoms with Crippen molar-refractivity contribution in [1.82, 2.24) is 24.7 Å². The number of nitrogen functional groups attached to an aromatic ring is 1. The van der Waals surface area contributed by atoms with E-state index >= 15 is 0 Å². The lowest BCUT2D eigenvalue weighted by molar-refractivity contribution is 0.844. The zero-order chi connectivity index (χ0) is 17.8. The van der Waals surface area contributed by atoms with E-state index in [4.69, 9.17) is 5.84 Å². The smallest absolute Gasteiger partial charge is 0.231 e. The quantitative estimate of drug-likeness (QED) is 0.377. The number of anilines is 3. The van der Waals surface area contributed by atoms with Crippen LogP contribution in [0, 0.1) is 0 Å². The number of aromatic nitrogens is 5. The normalized spacial score (nSPS) is 10.5. The largest absolute Gasteiger partial charge is 0.323 e. The van der Waals surface area contributed by atoms with Crippen molar-refractivity contribution in [3.63, 3.8) is 0 Å². The summed E-state index contributed by atoms with van der Waals surface area (Å²) < 4.78 is 1.68. The molecule has 0 aliphatic heterocycles. The molecule has 3 aromatic heterocycles. The average molecular weight is 344 g/mol. The first-order chi connectivity index (χ1) is 12.8. The summed E-state index contributed by atoms with van der Waals surface area (Å²) in [5.41, 5.74) is 5.13. The van der Waals surface area contributed by atoms with Crippen LogP contribution in [-0.2, 0) is 0 Å². The number of hydrazine groups is 1. The summed E-state index contributed by atoms with van der Waals surface area (Å²) in [6.45, 7) is 0. The van der Waals surface area contributed by atoms with Crippen LogP contribution >= 0.6 is 0 Å². The second kappa shape index (κ2) is 6.99. The summed E-state index contributed by atoms with van der Waals surface area (Å²) in [7, 11) is 0. The van der Waals surface area contributed by atoms with Gasteiger partial charge in [0.15, 0.2) is 11.6 Å². The highest BCUT2D eigenvalue weighted by Gasteiger charge is 2.18. The molecule has 0 unspecified atom stereocenters. The lowest BCUT2D eigenvalue weighted by Crippen LogP contribution is -2.15. The van der Waals surface area contributed by atoms with Crippen molar-refractivity contribution in [2.45, 2.75) is 0 Å². The molecule has 0 radical (unpaired) electrons. The van der Waals surface area contributed by atoms with E-state index in [1.807, 2.05) is 54.7 Å². The molecule has 8 heteroatoms. The second-order valence-corrected chi connectivity index (χ2v) is 5.42. The van der Waals surface area contributed by atoms with E-state index in [0.717, 1.165) is 16.8 Å². The Kier molecular flexibility index (Phi) is 4.23. The zero-order valence-electron chi connectivity index (χ0n) is 13.7. The Morgan fingerprint density at radius 1 is 0.923 bits per heavy atom. The number of pyridine rings is 1. The van der Waals surface area contributed by atoms with Crippen LogP contribution < -0.4 is 16.6 Å². The first kappa shape index (κ1) is 15.7. The summed E-state index contributed by atoms with van der Waals surface area (Å²) in [5, 5.41) is 7.45. The summed E-state index contributed by atoms with van der Waals surface area (Å²) in [4.78, 5) is 13.2. The third kappa shape index (κ3) is 3.08. The molecule has 0 atom stereocenters. The van der Waals surface area contributed by atoms with Crippen molar-refractivity contribution in [3.05, 3.63) is 73.3 Å². The van der Waals surface area contributed by atoms with E-state index in [1.54, 1.807) is 23.3 Å². The highest BCUT2D eigenvalue weighted by molar-refractivity contribution is 5.82. The molecule has 0 aliphatic rings. The number of nitrogens with two attached hydrogens (primary N) is 1. The molecule has 8 nitrogen and oxygen atoms in total. The van der Waals surface area contributed by atoms with E-state index in [-0.39, 0.29) is 0 Å². The third-order valence-corrected chi connectivity index (χ3v) is 3.73. The molecule has 0 amide bonds. The topological polar surface area (TPSA) is 107 Å². The monoisotopic (exact) mass is 344 g/mol. The molecule has 0 spiro atoms. The molecule has 0 bridgehead atoms. The number of hydrogen-bond donors (Lipinski definition) is 3. The molecule has 4 N–H and O–H groups in total.